The van der Waals surface area contributed by atoms with Gasteiger partial charge in [-0.25, -0.2) is 18.1 Å². The molecule has 0 amide bonds. The van der Waals surface area contributed by atoms with Crippen molar-refractivity contribution in [3.8, 4) is 0 Å². The summed E-state index contributed by atoms with van der Waals surface area (Å²) in [6.45, 7) is 0.0964. The van der Waals surface area contributed by atoms with Crippen LogP contribution in [0.15, 0.2) is 47.8 Å². The smallest absolute Gasteiger partial charge is 0.260 e. The van der Waals surface area contributed by atoms with Crippen molar-refractivity contribution in [2.24, 2.45) is 0 Å². The third-order valence-electron chi connectivity index (χ3n) is 2.22. The summed E-state index contributed by atoms with van der Waals surface area (Å²) >= 11 is 0. The van der Waals surface area contributed by atoms with Crippen LogP contribution in [0, 0.1) is 0 Å². The number of nitrogens with one attached hydrogen (secondary N) is 1. The van der Waals surface area contributed by atoms with Crippen LogP contribution in [0.1, 0.15) is 5.69 Å². The van der Waals surface area contributed by atoms with Gasteiger partial charge in [0, 0.05) is 12.4 Å². The molecule has 0 aliphatic rings. The van der Waals surface area contributed by atoms with Gasteiger partial charge in [0.1, 0.15) is 0 Å². The second-order valence-electron chi connectivity index (χ2n) is 3.54. The van der Waals surface area contributed by atoms with Gasteiger partial charge in [0.25, 0.3) is 10.0 Å². The molecule has 0 aliphatic heterocycles. The molecule has 18 heavy (non-hydrogen) atoms. The molecule has 0 bridgehead atoms. The van der Waals surface area contributed by atoms with Crippen LogP contribution in [0.4, 0.5) is 5.69 Å². The van der Waals surface area contributed by atoms with E-state index in [1.807, 2.05) is 0 Å². The zero-order valence-electron chi connectivity index (χ0n) is 9.45. The molecule has 0 aromatic carbocycles. The highest BCUT2D eigenvalue weighted by Crippen LogP contribution is 2.13. The molecule has 2 aromatic heterocycles. The molecule has 0 spiro atoms. The van der Waals surface area contributed by atoms with Gasteiger partial charge in [-0.15, -0.1) is 0 Å². The van der Waals surface area contributed by atoms with Crippen LogP contribution in [0.3, 0.4) is 0 Å². The van der Waals surface area contributed by atoms with E-state index in [1.54, 1.807) is 30.5 Å². The second kappa shape index (κ2) is 5.11. The number of nitrogens with zero attached hydrogens (tertiary/aromatic N) is 2. The van der Waals surface area contributed by atoms with Crippen LogP contribution in [0.5, 0.6) is 0 Å². The Morgan fingerprint density at radius 2 is 1.89 bits per heavy atom. The van der Waals surface area contributed by atoms with E-state index in [9.17, 15) is 8.42 Å². The molecule has 0 fully saturated rings. The Labute approximate surface area is 105 Å². The highest BCUT2D eigenvalue weighted by Gasteiger charge is 2.18. The molecular weight excluding hydrogens is 252 g/mol. The third-order valence-corrected chi connectivity index (χ3v) is 3.60. The standard InChI is InChI=1S/C11H12N4O2S/c12-10-5-3-7-14-11(10)18(16,17)15-8-9-4-1-2-6-13-9/h1-7,15H,8,12H2. The van der Waals surface area contributed by atoms with E-state index in [4.69, 9.17) is 5.73 Å². The predicted molar refractivity (Wildman–Crippen MR) is 66.9 cm³/mol. The largest absolute Gasteiger partial charge is 0.396 e. The maximum Gasteiger partial charge on any atom is 0.260 e. The summed E-state index contributed by atoms with van der Waals surface area (Å²) in [7, 11) is -3.72. The molecule has 94 valence electrons. The van der Waals surface area contributed by atoms with Crippen molar-refractivity contribution in [1.82, 2.24) is 14.7 Å². The number of anilines is 1. The van der Waals surface area contributed by atoms with Crippen molar-refractivity contribution in [3.05, 3.63) is 48.4 Å². The molecule has 7 heteroatoms. The molecule has 2 heterocycles. The topological polar surface area (TPSA) is 98.0 Å². The van der Waals surface area contributed by atoms with E-state index in [2.05, 4.69) is 14.7 Å². The van der Waals surface area contributed by atoms with Crippen LogP contribution in [-0.2, 0) is 16.6 Å². The lowest BCUT2D eigenvalue weighted by Gasteiger charge is -2.07. The van der Waals surface area contributed by atoms with Crippen molar-refractivity contribution in [2.45, 2.75) is 11.6 Å². The van der Waals surface area contributed by atoms with Crippen LogP contribution >= 0.6 is 0 Å². The third kappa shape index (κ3) is 2.82. The molecule has 2 rings (SSSR count). The van der Waals surface area contributed by atoms with Gasteiger partial charge < -0.3 is 5.73 Å². The first kappa shape index (κ1) is 12.5. The van der Waals surface area contributed by atoms with Crippen molar-refractivity contribution in [2.75, 3.05) is 5.73 Å². The molecule has 0 saturated heterocycles. The Bertz CT molecular complexity index is 629. The fourth-order valence-electron chi connectivity index (χ4n) is 1.37. The monoisotopic (exact) mass is 264 g/mol. The lowest BCUT2D eigenvalue weighted by Crippen LogP contribution is -2.25. The van der Waals surface area contributed by atoms with Gasteiger partial charge in [0.15, 0.2) is 5.03 Å². The number of hydrogen-bond donors (Lipinski definition) is 2. The number of hydrogen-bond acceptors (Lipinski definition) is 5. The first-order chi connectivity index (χ1) is 8.59. The molecule has 2 aromatic rings. The Hall–Kier alpha value is -1.99. The fourth-order valence-corrected chi connectivity index (χ4v) is 2.42. The summed E-state index contributed by atoms with van der Waals surface area (Å²) in [5.74, 6) is 0. The first-order valence-corrected chi connectivity index (χ1v) is 6.68. The summed E-state index contributed by atoms with van der Waals surface area (Å²) in [5, 5.41) is -0.166. The minimum Gasteiger partial charge on any atom is -0.396 e. The first-order valence-electron chi connectivity index (χ1n) is 5.19. The van der Waals surface area contributed by atoms with Crippen LogP contribution in [0.25, 0.3) is 0 Å². The Kier molecular flexibility index (Phi) is 3.54. The second-order valence-corrected chi connectivity index (χ2v) is 5.23. The van der Waals surface area contributed by atoms with Gasteiger partial charge in [0.05, 0.1) is 17.9 Å². The summed E-state index contributed by atoms with van der Waals surface area (Å²) in [4.78, 5) is 7.79. The van der Waals surface area contributed by atoms with E-state index >= 15 is 0 Å². The predicted octanol–water partition coefficient (Wildman–Crippen LogP) is 0.537. The van der Waals surface area contributed by atoms with Gasteiger partial charge in [-0.2, -0.15) is 0 Å². The number of nitrogens with two attached hydrogens (primary N) is 1. The van der Waals surface area contributed by atoms with Crippen molar-refractivity contribution < 1.29 is 8.42 Å². The summed E-state index contributed by atoms with van der Waals surface area (Å²) in [6, 6.07) is 8.33. The zero-order chi connectivity index (χ0) is 13.0. The van der Waals surface area contributed by atoms with E-state index in [0.717, 1.165) is 0 Å². The average Bonchev–Trinajstić information content (AvgIpc) is 2.38. The Balaban J connectivity index is 2.16. The SMILES string of the molecule is Nc1cccnc1S(=O)(=O)NCc1ccccn1. The fraction of sp³-hybridized carbons (Fsp3) is 0.0909. The highest BCUT2D eigenvalue weighted by atomic mass is 32.2. The molecule has 3 N–H and O–H groups in total. The average molecular weight is 264 g/mol. The lowest BCUT2D eigenvalue weighted by molar-refractivity contribution is 0.577. The highest BCUT2D eigenvalue weighted by molar-refractivity contribution is 7.89. The quantitative estimate of drug-likeness (QED) is 0.839. The van der Waals surface area contributed by atoms with Crippen molar-refractivity contribution >= 4 is 15.7 Å². The maximum absolute atomic E-state index is 11.9. The van der Waals surface area contributed by atoms with Crippen LogP contribution in [0.2, 0.25) is 0 Å². The van der Waals surface area contributed by atoms with Crippen LogP contribution in [-0.4, -0.2) is 18.4 Å². The molecule has 0 atom stereocenters. The normalized spacial score (nSPS) is 11.3. The van der Waals surface area contributed by atoms with E-state index < -0.39 is 10.0 Å². The van der Waals surface area contributed by atoms with Gasteiger partial charge in [-0.05, 0) is 24.3 Å². The number of rotatable bonds is 4. The van der Waals surface area contributed by atoms with Crippen molar-refractivity contribution in [1.29, 1.82) is 0 Å². The summed E-state index contributed by atoms with van der Waals surface area (Å²) in [5.41, 5.74) is 6.32. The van der Waals surface area contributed by atoms with Gasteiger partial charge in [0.2, 0.25) is 0 Å². The molecule has 0 radical (unpaired) electrons. The molecule has 0 unspecified atom stereocenters. The van der Waals surface area contributed by atoms with Crippen LogP contribution < -0.4 is 10.5 Å². The van der Waals surface area contributed by atoms with Gasteiger partial charge >= 0.3 is 0 Å². The molecule has 0 saturated carbocycles. The maximum atomic E-state index is 11.9. The summed E-state index contributed by atoms with van der Waals surface area (Å²) < 4.78 is 26.3. The van der Waals surface area contributed by atoms with Gasteiger partial charge in [-0.3, -0.25) is 4.98 Å². The minimum absolute atomic E-state index is 0.0964. The number of sulfonamides is 1. The number of aromatic nitrogens is 2. The van der Waals surface area contributed by atoms with E-state index in [0.29, 0.717) is 5.69 Å². The number of nitrogen functional groups attached to an aromatic ring is 1. The van der Waals surface area contributed by atoms with E-state index in [1.165, 1.54) is 12.3 Å². The van der Waals surface area contributed by atoms with Gasteiger partial charge in [-0.1, -0.05) is 6.07 Å². The number of pyridine rings is 2. The summed E-state index contributed by atoms with van der Waals surface area (Å²) in [6.07, 6.45) is 2.98. The molecule has 0 aliphatic carbocycles. The lowest BCUT2D eigenvalue weighted by atomic mass is 10.4. The minimum atomic E-state index is -3.72. The zero-order valence-corrected chi connectivity index (χ0v) is 10.3. The molecule has 6 nitrogen and oxygen atoms in total. The van der Waals surface area contributed by atoms with E-state index in [-0.39, 0.29) is 17.3 Å². The Morgan fingerprint density at radius 3 is 2.56 bits per heavy atom. The molecular formula is C11H12N4O2S. The van der Waals surface area contributed by atoms with Crippen molar-refractivity contribution in [3.63, 3.8) is 0 Å². The Morgan fingerprint density at radius 1 is 1.11 bits per heavy atom.